The number of likely N-dealkylation sites (tertiary alicyclic amines) is 1. The van der Waals surface area contributed by atoms with Gasteiger partial charge in [-0.3, -0.25) is 9.59 Å². The number of imidazole rings is 1. The van der Waals surface area contributed by atoms with Crippen molar-refractivity contribution in [2.45, 2.75) is 25.9 Å². The molecule has 2 aliphatic heterocycles. The molecule has 1 aromatic heterocycles. The van der Waals surface area contributed by atoms with Crippen molar-refractivity contribution >= 4 is 17.4 Å². The lowest BCUT2D eigenvalue weighted by atomic mass is 9.94. The summed E-state index contributed by atoms with van der Waals surface area (Å²) in [5.74, 6) is 0.325. The largest absolute Gasteiger partial charge is 0.507 e. The molecule has 1 saturated heterocycles. The van der Waals surface area contributed by atoms with Crippen LogP contribution >= 0.6 is 0 Å². The lowest BCUT2D eigenvalue weighted by Gasteiger charge is -2.26. The monoisotopic (exact) mass is 519 g/mol. The van der Waals surface area contributed by atoms with Gasteiger partial charge in [0.05, 0.1) is 31.7 Å². The number of aromatic nitrogens is 2. The number of benzene rings is 2. The summed E-state index contributed by atoms with van der Waals surface area (Å²) in [6.45, 7) is 4.04. The van der Waals surface area contributed by atoms with Gasteiger partial charge >= 0.3 is 0 Å². The van der Waals surface area contributed by atoms with E-state index in [1.165, 1.54) is 12.0 Å². The zero-order valence-corrected chi connectivity index (χ0v) is 21.3. The van der Waals surface area contributed by atoms with E-state index in [4.69, 9.17) is 18.9 Å². The van der Waals surface area contributed by atoms with Gasteiger partial charge in [-0.1, -0.05) is 6.07 Å². The van der Waals surface area contributed by atoms with Crippen LogP contribution in [-0.4, -0.2) is 64.7 Å². The first kappa shape index (κ1) is 25.2. The Bertz CT molecular complexity index is 1370. The van der Waals surface area contributed by atoms with Crippen molar-refractivity contribution in [3.8, 4) is 23.0 Å². The van der Waals surface area contributed by atoms with Crippen LogP contribution in [0.15, 0.2) is 60.7 Å². The Hall–Kier alpha value is -4.47. The maximum Gasteiger partial charge on any atom is 0.295 e. The van der Waals surface area contributed by atoms with E-state index in [0.717, 1.165) is 0 Å². The Morgan fingerprint density at radius 1 is 1.08 bits per heavy atom. The minimum absolute atomic E-state index is 0.000483. The molecular weight excluding hydrogens is 490 g/mol. The van der Waals surface area contributed by atoms with Gasteiger partial charge in [-0.2, -0.15) is 0 Å². The molecule has 1 N–H and O–H groups in total. The van der Waals surface area contributed by atoms with Crippen LogP contribution < -0.4 is 18.9 Å². The zero-order chi connectivity index (χ0) is 26.6. The van der Waals surface area contributed by atoms with Gasteiger partial charge < -0.3 is 33.5 Å². The van der Waals surface area contributed by atoms with E-state index >= 15 is 0 Å². The number of aryl methyl sites for hydroxylation is 1. The molecule has 0 bridgehead atoms. The summed E-state index contributed by atoms with van der Waals surface area (Å²) in [5, 5.41) is 11.4. The van der Waals surface area contributed by atoms with Gasteiger partial charge in [0.15, 0.2) is 23.0 Å². The molecule has 0 spiro atoms. The second-order valence-electron chi connectivity index (χ2n) is 8.85. The number of rotatable bonds is 9. The van der Waals surface area contributed by atoms with E-state index in [1.807, 2.05) is 17.7 Å². The van der Waals surface area contributed by atoms with E-state index < -0.39 is 17.7 Å². The van der Waals surface area contributed by atoms with Gasteiger partial charge in [0, 0.05) is 31.0 Å². The maximum absolute atomic E-state index is 13.4. The predicted molar refractivity (Wildman–Crippen MR) is 137 cm³/mol. The molecule has 3 aromatic rings. The summed E-state index contributed by atoms with van der Waals surface area (Å²) in [6, 6.07) is 9.38. The van der Waals surface area contributed by atoms with Crippen molar-refractivity contribution in [3.63, 3.8) is 0 Å². The smallest absolute Gasteiger partial charge is 0.295 e. The Morgan fingerprint density at radius 2 is 1.89 bits per heavy atom. The first-order chi connectivity index (χ1) is 18.5. The minimum Gasteiger partial charge on any atom is -0.507 e. The number of aliphatic hydroxyl groups is 1. The molecule has 5 rings (SSSR count). The van der Waals surface area contributed by atoms with Gasteiger partial charge in [-0.15, -0.1) is 0 Å². The van der Waals surface area contributed by atoms with Crippen LogP contribution in [0.25, 0.3) is 5.76 Å². The molecule has 10 heteroatoms. The average molecular weight is 520 g/mol. The maximum atomic E-state index is 13.4. The molecule has 1 unspecified atom stereocenters. The van der Waals surface area contributed by atoms with E-state index in [2.05, 4.69) is 4.98 Å². The molecule has 0 aliphatic carbocycles. The highest BCUT2D eigenvalue weighted by Gasteiger charge is 2.46. The molecular formula is C28H29N3O7. The number of fused-ring (bicyclic) bond motifs is 1. The van der Waals surface area contributed by atoms with Crippen molar-refractivity contribution < 1.29 is 33.6 Å². The molecule has 0 saturated carbocycles. The van der Waals surface area contributed by atoms with Gasteiger partial charge in [-0.25, -0.2) is 4.98 Å². The molecule has 1 fully saturated rings. The minimum atomic E-state index is -0.824. The van der Waals surface area contributed by atoms with Gasteiger partial charge in [-0.05, 0) is 49.2 Å². The highest BCUT2D eigenvalue weighted by Crippen LogP contribution is 2.43. The third-order valence-electron chi connectivity index (χ3n) is 6.53. The fourth-order valence-electron chi connectivity index (χ4n) is 4.77. The third-order valence-corrected chi connectivity index (χ3v) is 6.53. The molecule has 38 heavy (non-hydrogen) atoms. The molecule has 198 valence electrons. The van der Waals surface area contributed by atoms with Crippen LogP contribution in [0, 0.1) is 0 Å². The molecule has 2 aromatic carbocycles. The number of nitrogens with zero attached hydrogens (tertiary/aromatic N) is 3. The Labute approximate surface area is 220 Å². The number of carbonyl (C=O) groups excluding carboxylic acids is 2. The average Bonchev–Trinajstić information content (AvgIpc) is 3.55. The van der Waals surface area contributed by atoms with Crippen LogP contribution in [0.1, 0.15) is 30.5 Å². The number of amides is 1. The number of methoxy groups -OCH3 is 1. The van der Waals surface area contributed by atoms with E-state index in [9.17, 15) is 14.7 Å². The van der Waals surface area contributed by atoms with Crippen molar-refractivity contribution in [1.82, 2.24) is 14.5 Å². The molecule has 1 atom stereocenters. The number of hydrogen-bond donors (Lipinski definition) is 1. The van der Waals surface area contributed by atoms with E-state index in [0.29, 0.717) is 73.5 Å². The van der Waals surface area contributed by atoms with Crippen molar-refractivity contribution in [2.75, 3.05) is 33.5 Å². The van der Waals surface area contributed by atoms with Crippen molar-refractivity contribution in [1.29, 1.82) is 0 Å². The van der Waals surface area contributed by atoms with E-state index in [-0.39, 0.29) is 11.3 Å². The molecule has 2 aliphatic rings. The highest BCUT2D eigenvalue weighted by atomic mass is 16.6. The summed E-state index contributed by atoms with van der Waals surface area (Å²) < 4.78 is 24.3. The van der Waals surface area contributed by atoms with Crippen LogP contribution in [0.3, 0.4) is 0 Å². The Kier molecular flexibility index (Phi) is 7.21. The Balaban J connectivity index is 1.56. The van der Waals surface area contributed by atoms with Gasteiger partial charge in [0.2, 0.25) is 0 Å². The quantitative estimate of drug-likeness (QED) is 0.259. The lowest BCUT2D eigenvalue weighted by Crippen LogP contribution is -2.31. The first-order valence-electron chi connectivity index (χ1n) is 12.5. The third kappa shape index (κ3) is 4.77. The summed E-state index contributed by atoms with van der Waals surface area (Å²) in [7, 11) is 1.53. The van der Waals surface area contributed by atoms with Gasteiger partial charge in [0.25, 0.3) is 11.7 Å². The fraction of sp³-hybridized carbons (Fsp3) is 0.321. The molecule has 3 heterocycles. The van der Waals surface area contributed by atoms with Crippen LogP contribution in [-0.2, 0) is 16.1 Å². The number of ketones is 1. The topological polar surface area (TPSA) is 112 Å². The van der Waals surface area contributed by atoms with E-state index in [1.54, 1.807) is 48.9 Å². The fourth-order valence-corrected chi connectivity index (χ4v) is 4.77. The lowest BCUT2D eigenvalue weighted by molar-refractivity contribution is -0.139. The zero-order valence-electron chi connectivity index (χ0n) is 21.3. The summed E-state index contributed by atoms with van der Waals surface area (Å²) in [6.07, 6.45) is 5.81. The van der Waals surface area contributed by atoms with Crippen LogP contribution in [0.5, 0.6) is 23.0 Å². The highest BCUT2D eigenvalue weighted by molar-refractivity contribution is 6.46. The number of ether oxygens (including phenoxy) is 4. The molecule has 10 nitrogen and oxygen atoms in total. The number of Topliss-reactive ketones (excluding diaryl/α,β-unsaturated/α-hetero) is 1. The molecule has 0 radical (unpaired) electrons. The van der Waals surface area contributed by atoms with Crippen LogP contribution in [0.2, 0.25) is 0 Å². The standard InChI is InChI=1S/C28H29N3O7/c1-3-36-20-7-5-18(15-22(20)35-2)25-24(26(32)19-6-8-21-23(16-19)38-14-13-37-21)27(33)28(34)31(25)11-4-10-30-12-9-29-17-30/h5-9,12,15-17,25,32H,3-4,10-11,13-14H2,1-2H3. The summed E-state index contributed by atoms with van der Waals surface area (Å²) in [4.78, 5) is 32.2. The van der Waals surface area contributed by atoms with Gasteiger partial charge in [0.1, 0.15) is 19.0 Å². The second-order valence-corrected chi connectivity index (χ2v) is 8.85. The normalized spacial score (nSPS) is 18.1. The number of hydrogen-bond acceptors (Lipinski definition) is 8. The summed E-state index contributed by atoms with van der Waals surface area (Å²) >= 11 is 0. The summed E-state index contributed by atoms with van der Waals surface area (Å²) in [5.41, 5.74) is 0.973. The predicted octanol–water partition coefficient (Wildman–Crippen LogP) is 3.57. The first-order valence-corrected chi connectivity index (χ1v) is 12.5. The second kappa shape index (κ2) is 10.9. The number of carbonyl (C=O) groups is 2. The molecule has 1 amide bonds. The number of aliphatic hydroxyl groups excluding tert-OH is 1. The van der Waals surface area contributed by atoms with Crippen LogP contribution in [0.4, 0.5) is 0 Å². The van der Waals surface area contributed by atoms with Crippen molar-refractivity contribution in [3.05, 3.63) is 71.8 Å². The Morgan fingerprint density at radius 3 is 2.63 bits per heavy atom. The van der Waals surface area contributed by atoms with Crippen molar-refractivity contribution in [2.24, 2.45) is 0 Å². The SMILES string of the molecule is CCOc1ccc(C2C(=C(O)c3ccc4c(c3)OCCO4)C(=O)C(=O)N2CCCn2ccnc2)cc1OC.